The van der Waals surface area contributed by atoms with Crippen molar-refractivity contribution in [3.63, 3.8) is 0 Å². The Morgan fingerprint density at radius 2 is 1.75 bits per heavy atom. The molecule has 0 radical (unpaired) electrons. The second kappa shape index (κ2) is 5.04. The Bertz CT molecular complexity index is 378. The van der Waals surface area contributed by atoms with Gasteiger partial charge in [0, 0.05) is 16.6 Å². The van der Waals surface area contributed by atoms with E-state index in [9.17, 15) is 10.2 Å². The van der Waals surface area contributed by atoms with Gasteiger partial charge in [0.05, 0.1) is 6.10 Å². The van der Waals surface area contributed by atoms with Crippen molar-refractivity contribution >= 4 is 11.6 Å². The molecule has 0 heterocycles. The molecule has 3 nitrogen and oxygen atoms in total. The smallest absolute Gasteiger partial charge is 0.121 e. The summed E-state index contributed by atoms with van der Waals surface area (Å²) >= 11 is 6.08. The van der Waals surface area contributed by atoms with E-state index in [0.717, 1.165) is 5.56 Å². The van der Waals surface area contributed by atoms with Crippen molar-refractivity contribution in [2.24, 2.45) is 5.73 Å². The fourth-order valence-corrected chi connectivity index (χ4v) is 1.95. The number of aliphatic hydroxyl groups is 1. The molecule has 0 bridgehead atoms. The van der Waals surface area contributed by atoms with Crippen LogP contribution in [0.25, 0.3) is 0 Å². The van der Waals surface area contributed by atoms with E-state index in [1.54, 1.807) is 19.1 Å². The highest BCUT2D eigenvalue weighted by atomic mass is 35.5. The third-order valence-electron chi connectivity index (χ3n) is 2.58. The summed E-state index contributed by atoms with van der Waals surface area (Å²) in [5.41, 5.74) is 6.82. The van der Waals surface area contributed by atoms with E-state index in [2.05, 4.69) is 0 Å². The number of phenols is 1. The van der Waals surface area contributed by atoms with Crippen LogP contribution >= 0.6 is 11.6 Å². The molecule has 0 saturated heterocycles. The van der Waals surface area contributed by atoms with Gasteiger partial charge in [-0.25, -0.2) is 0 Å². The van der Waals surface area contributed by atoms with E-state index in [1.807, 2.05) is 13.8 Å². The lowest BCUT2D eigenvalue weighted by atomic mass is 9.97. The highest BCUT2D eigenvalue weighted by Crippen LogP contribution is 2.34. The van der Waals surface area contributed by atoms with Crippen LogP contribution in [0.4, 0.5) is 0 Å². The second-order valence-corrected chi connectivity index (χ2v) is 4.80. The average Bonchev–Trinajstić information content (AvgIpc) is 2.19. The van der Waals surface area contributed by atoms with Crippen molar-refractivity contribution in [2.75, 3.05) is 0 Å². The van der Waals surface area contributed by atoms with Crippen molar-refractivity contribution in [1.82, 2.24) is 0 Å². The summed E-state index contributed by atoms with van der Waals surface area (Å²) < 4.78 is 0. The van der Waals surface area contributed by atoms with Crippen LogP contribution in [-0.4, -0.2) is 16.3 Å². The Kier molecular flexibility index (Phi) is 4.19. The Morgan fingerprint density at radius 1 is 1.19 bits per heavy atom. The quantitative estimate of drug-likeness (QED) is 0.764. The molecule has 1 aromatic rings. The maximum atomic E-state index is 9.81. The summed E-state index contributed by atoms with van der Waals surface area (Å²) in [7, 11) is 0. The molecule has 4 N–H and O–H groups in total. The first-order valence-corrected chi connectivity index (χ1v) is 5.68. The van der Waals surface area contributed by atoms with Crippen molar-refractivity contribution in [1.29, 1.82) is 0 Å². The lowest BCUT2D eigenvalue weighted by molar-refractivity contribution is 0.150. The van der Waals surface area contributed by atoms with Gasteiger partial charge in [-0.15, -0.1) is 0 Å². The number of benzene rings is 1. The third kappa shape index (κ3) is 2.67. The highest BCUT2D eigenvalue weighted by molar-refractivity contribution is 6.31. The van der Waals surface area contributed by atoms with Gasteiger partial charge in [0.1, 0.15) is 5.75 Å². The van der Waals surface area contributed by atoms with Crippen molar-refractivity contribution in [3.8, 4) is 5.75 Å². The average molecular weight is 244 g/mol. The highest BCUT2D eigenvalue weighted by Gasteiger charge is 2.19. The van der Waals surface area contributed by atoms with Gasteiger partial charge in [0.2, 0.25) is 0 Å². The van der Waals surface area contributed by atoms with Crippen LogP contribution in [0.5, 0.6) is 5.75 Å². The van der Waals surface area contributed by atoms with E-state index in [0.29, 0.717) is 10.6 Å². The van der Waals surface area contributed by atoms with E-state index in [1.165, 1.54) is 0 Å². The fourth-order valence-electron chi connectivity index (χ4n) is 1.56. The van der Waals surface area contributed by atoms with Gasteiger partial charge < -0.3 is 15.9 Å². The van der Waals surface area contributed by atoms with Crippen LogP contribution in [0.3, 0.4) is 0 Å². The molecule has 0 aliphatic carbocycles. The van der Waals surface area contributed by atoms with Crippen LogP contribution in [0.2, 0.25) is 5.02 Å². The zero-order valence-corrected chi connectivity index (χ0v) is 10.5. The molecule has 2 unspecified atom stereocenters. The molecule has 0 amide bonds. The third-order valence-corrected chi connectivity index (χ3v) is 2.91. The SMILES string of the molecule is CC(C)c1cc(O)c(C(O)C(C)N)cc1Cl. The standard InChI is InChI=1S/C12H18ClNO2/c1-6(2)8-5-11(15)9(4-10(8)13)12(16)7(3)14/h4-7,12,15-16H,14H2,1-3H3. The topological polar surface area (TPSA) is 66.5 Å². The van der Waals surface area contributed by atoms with Gasteiger partial charge in [-0.2, -0.15) is 0 Å². The van der Waals surface area contributed by atoms with Crippen molar-refractivity contribution in [2.45, 2.75) is 38.8 Å². The molecule has 0 fully saturated rings. The molecular weight excluding hydrogens is 226 g/mol. The fraction of sp³-hybridized carbons (Fsp3) is 0.500. The molecule has 0 aliphatic heterocycles. The minimum Gasteiger partial charge on any atom is -0.508 e. The molecule has 0 spiro atoms. The molecule has 16 heavy (non-hydrogen) atoms. The van der Waals surface area contributed by atoms with Crippen molar-refractivity contribution < 1.29 is 10.2 Å². The molecule has 1 aromatic carbocycles. The summed E-state index contributed by atoms with van der Waals surface area (Å²) in [5, 5.41) is 20.1. The molecule has 90 valence electrons. The normalized spacial score (nSPS) is 15.2. The monoisotopic (exact) mass is 243 g/mol. The summed E-state index contributed by atoms with van der Waals surface area (Å²) in [6.07, 6.45) is -0.904. The summed E-state index contributed by atoms with van der Waals surface area (Å²) in [5.74, 6) is 0.262. The molecule has 1 rings (SSSR count). The van der Waals surface area contributed by atoms with Crippen LogP contribution < -0.4 is 5.73 Å². The first-order valence-electron chi connectivity index (χ1n) is 5.30. The van der Waals surface area contributed by atoms with Gasteiger partial charge in [0.15, 0.2) is 0 Å². The number of hydrogen-bond donors (Lipinski definition) is 3. The Morgan fingerprint density at radius 3 is 2.19 bits per heavy atom. The lowest BCUT2D eigenvalue weighted by Gasteiger charge is -2.18. The van der Waals surface area contributed by atoms with Crippen LogP contribution in [0, 0.1) is 0 Å². The van der Waals surface area contributed by atoms with Crippen molar-refractivity contribution in [3.05, 3.63) is 28.3 Å². The molecule has 0 saturated carbocycles. The van der Waals surface area contributed by atoms with E-state index < -0.39 is 12.1 Å². The molecular formula is C12H18ClNO2. The summed E-state index contributed by atoms with van der Waals surface area (Å²) in [6, 6.07) is 2.72. The van der Waals surface area contributed by atoms with Gasteiger partial charge in [-0.05, 0) is 30.5 Å². The number of rotatable bonds is 3. The Labute approximate surface area is 101 Å². The van der Waals surface area contributed by atoms with E-state index >= 15 is 0 Å². The number of aliphatic hydroxyl groups excluding tert-OH is 1. The number of aromatic hydroxyl groups is 1. The maximum Gasteiger partial charge on any atom is 0.121 e. The minimum absolute atomic E-state index is 0.0397. The number of halogens is 1. The first kappa shape index (κ1) is 13.3. The van der Waals surface area contributed by atoms with Crippen LogP contribution in [-0.2, 0) is 0 Å². The van der Waals surface area contributed by atoms with Gasteiger partial charge >= 0.3 is 0 Å². The molecule has 2 atom stereocenters. The predicted molar refractivity (Wildman–Crippen MR) is 65.8 cm³/mol. The summed E-state index contributed by atoms with van der Waals surface area (Å²) in [4.78, 5) is 0. The van der Waals surface area contributed by atoms with E-state index in [-0.39, 0.29) is 11.7 Å². The number of nitrogens with two attached hydrogens (primary N) is 1. The minimum atomic E-state index is -0.904. The van der Waals surface area contributed by atoms with Crippen LogP contribution in [0.15, 0.2) is 12.1 Å². The molecule has 4 heteroatoms. The van der Waals surface area contributed by atoms with E-state index in [4.69, 9.17) is 17.3 Å². The van der Waals surface area contributed by atoms with Gasteiger partial charge in [-0.1, -0.05) is 25.4 Å². The first-order chi connectivity index (χ1) is 7.34. The zero-order chi connectivity index (χ0) is 12.5. The Balaban J connectivity index is 3.20. The second-order valence-electron chi connectivity index (χ2n) is 4.39. The maximum absolute atomic E-state index is 9.81. The number of phenolic OH excluding ortho intramolecular Hbond substituents is 1. The Hall–Kier alpha value is -0.770. The largest absolute Gasteiger partial charge is 0.508 e. The summed E-state index contributed by atoms with van der Waals surface area (Å²) in [6.45, 7) is 5.65. The lowest BCUT2D eigenvalue weighted by Crippen LogP contribution is -2.24. The molecule has 0 aromatic heterocycles. The zero-order valence-electron chi connectivity index (χ0n) is 9.74. The predicted octanol–water partition coefficient (Wildman–Crippen LogP) is 2.55. The van der Waals surface area contributed by atoms with Gasteiger partial charge in [-0.3, -0.25) is 0 Å². The van der Waals surface area contributed by atoms with Gasteiger partial charge in [0.25, 0.3) is 0 Å². The molecule has 0 aliphatic rings. The van der Waals surface area contributed by atoms with Crippen LogP contribution in [0.1, 0.15) is 43.9 Å². The number of hydrogen-bond acceptors (Lipinski definition) is 3.